The van der Waals surface area contributed by atoms with Crippen LogP contribution in [0.4, 0.5) is 0 Å². The summed E-state index contributed by atoms with van der Waals surface area (Å²) in [6.07, 6.45) is 2.74. The van der Waals surface area contributed by atoms with E-state index in [1.807, 2.05) is 0 Å². The van der Waals surface area contributed by atoms with Gasteiger partial charge in [-0.3, -0.25) is 4.68 Å². The van der Waals surface area contributed by atoms with E-state index in [9.17, 15) is 8.42 Å². The molecule has 1 heterocycles. The lowest BCUT2D eigenvalue weighted by Gasteiger charge is -2.06. The van der Waals surface area contributed by atoms with Gasteiger partial charge in [-0.15, -0.1) is 0 Å². The molecule has 0 saturated carbocycles. The van der Waals surface area contributed by atoms with E-state index in [1.165, 1.54) is 17.1 Å². The molecule has 0 spiro atoms. The van der Waals surface area contributed by atoms with Gasteiger partial charge in [0.1, 0.15) is 4.90 Å². The first-order chi connectivity index (χ1) is 9.53. The van der Waals surface area contributed by atoms with Crippen LogP contribution in [0.5, 0.6) is 0 Å². The Bertz CT molecular complexity index is 684. The largest absolute Gasteiger partial charge is 0.329 e. The summed E-state index contributed by atoms with van der Waals surface area (Å²) in [7, 11) is -3.61. The number of benzene rings is 1. The molecule has 0 radical (unpaired) electrons. The molecular formula is C12H15ClN4O2S. The Labute approximate surface area is 122 Å². The van der Waals surface area contributed by atoms with E-state index in [1.54, 1.807) is 24.3 Å². The van der Waals surface area contributed by atoms with Gasteiger partial charge in [-0.25, -0.2) is 13.1 Å². The van der Waals surface area contributed by atoms with Gasteiger partial charge >= 0.3 is 0 Å². The minimum absolute atomic E-state index is 0.109. The number of sulfonamides is 1. The number of aromatic nitrogens is 2. The van der Waals surface area contributed by atoms with Crippen LogP contribution in [0.15, 0.2) is 41.6 Å². The van der Waals surface area contributed by atoms with Gasteiger partial charge < -0.3 is 5.73 Å². The van der Waals surface area contributed by atoms with Gasteiger partial charge in [-0.2, -0.15) is 5.10 Å². The molecule has 1 aromatic heterocycles. The predicted molar refractivity (Wildman–Crippen MR) is 76.8 cm³/mol. The number of rotatable bonds is 6. The summed E-state index contributed by atoms with van der Waals surface area (Å²) in [5.41, 5.74) is 6.10. The summed E-state index contributed by atoms with van der Waals surface area (Å²) >= 11 is 5.98. The summed E-state index contributed by atoms with van der Waals surface area (Å²) in [6, 6.07) is 7.07. The number of nitrogens with one attached hydrogen (secondary N) is 1. The molecule has 0 amide bonds. The van der Waals surface area contributed by atoms with Crippen LogP contribution in [0.1, 0.15) is 5.56 Å². The van der Waals surface area contributed by atoms with Crippen molar-refractivity contribution in [3.63, 3.8) is 0 Å². The van der Waals surface area contributed by atoms with E-state index < -0.39 is 10.0 Å². The Hall–Kier alpha value is -1.41. The first-order valence-corrected chi connectivity index (χ1v) is 7.84. The van der Waals surface area contributed by atoms with E-state index in [0.29, 0.717) is 23.7 Å². The molecule has 0 atom stereocenters. The summed E-state index contributed by atoms with van der Waals surface area (Å²) < 4.78 is 28.2. The minimum Gasteiger partial charge on any atom is -0.329 e. The van der Waals surface area contributed by atoms with Gasteiger partial charge in [0, 0.05) is 24.3 Å². The molecule has 8 heteroatoms. The maximum atomic E-state index is 12.1. The molecule has 0 aliphatic carbocycles. The Morgan fingerprint density at radius 2 is 2.10 bits per heavy atom. The first kappa shape index (κ1) is 15.0. The lowest BCUT2D eigenvalue weighted by atomic mass is 10.2. The van der Waals surface area contributed by atoms with Crippen molar-refractivity contribution < 1.29 is 8.42 Å². The van der Waals surface area contributed by atoms with Crippen molar-refractivity contribution in [3.05, 3.63) is 47.2 Å². The number of hydrogen-bond donors (Lipinski definition) is 2. The normalized spacial score (nSPS) is 11.7. The molecule has 3 N–H and O–H groups in total. The Morgan fingerprint density at radius 1 is 1.35 bits per heavy atom. The van der Waals surface area contributed by atoms with Crippen molar-refractivity contribution in [1.82, 2.24) is 14.5 Å². The van der Waals surface area contributed by atoms with E-state index in [4.69, 9.17) is 17.3 Å². The lowest BCUT2D eigenvalue weighted by molar-refractivity contribution is 0.580. The second-order valence-electron chi connectivity index (χ2n) is 4.14. The van der Waals surface area contributed by atoms with Crippen molar-refractivity contribution in [2.24, 2.45) is 5.73 Å². The smallest absolute Gasteiger partial charge is 0.243 e. The highest BCUT2D eigenvalue weighted by Crippen LogP contribution is 2.15. The molecular weight excluding hydrogens is 300 g/mol. The fourth-order valence-electron chi connectivity index (χ4n) is 1.64. The van der Waals surface area contributed by atoms with Crippen molar-refractivity contribution in [2.45, 2.75) is 18.0 Å². The molecule has 20 heavy (non-hydrogen) atoms. The Balaban J connectivity index is 2.09. The maximum Gasteiger partial charge on any atom is 0.243 e. The molecule has 0 aliphatic rings. The third-order valence-corrected chi connectivity index (χ3v) is 4.41. The quantitative estimate of drug-likeness (QED) is 0.831. The van der Waals surface area contributed by atoms with Crippen LogP contribution in [-0.2, 0) is 23.1 Å². The van der Waals surface area contributed by atoms with E-state index in [-0.39, 0.29) is 11.4 Å². The zero-order chi connectivity index (χ0) is 14.6. The average Bonchev–Trinajstić information content (AvgIpc) is 2.88. The van der Waals surface area contributed by atoms with Crippen molar-refractivity contribution in [3.8, 4) is 0 Å². The number of nitrogens with zero attached hydrogens (tertiary/aromatic N) is 2. The highest BCUT2D eigenvalue weighted by molar-refractivity contribution is 7.89. The SMILES string of the molecule is NCCn1cc(S(=O)(=O)NCc2ccccc2Cl)cn1. The number of halogens is 1. The fourth-order valence-corrected chi connectivity index (χ4v) is 2.80. The van der Waals surface area contributed by atoms with Crippen LogP contribution in [0, 0.1) is 0 Å². The van der Waals surface area contributed by atoms with Gasteiger partial charge in [0.2, 0.25) is 10.0 Å². The zero-order valence-electron chi connectivity index (χ0n) is 10.7. The highest BCUT2D eigenvalue weighted by atomic mass is 35.5. The summed E-state index contributed by atoms with van der Waals surface area (Å²) in [4.78, 5) is 0.109. The molecule has 0 fully saturated rings. The average molecular weight is 315 g/mol. The van der Waals surface area contributed by atoms with Crippen molar-refractivity contribution >= 4 is 21.6 Å². The van der Waals surface area contributed by atoms with E-state index >= 15 is 0 Å². The van der Waals surface area contributed by atoms with Crippen molar-refractivity contribution in [1.29, 1.82) is 0 Å². The standard InChI is InChI=1S/C12H15ClN4O2S/c13-12-4-2-1-3-10(12)7-16-20(18,19)11-8-15-17(9-11)6-5-14/h1-4,8-9,16H,5-7,14H2. The van der Waals surface area contributed by atoms with Gasteiger partial charge in [-0.05, 0) is 11.6 Å². The third kappa shape index (κ3) is 3.57. The molecule has 2 rings (SSSR count). The van der Waals surface area contributed by atoms with Gasteiger partial charge in [-0.1, -0.05) is 29.8 Å². The monoisotopic (exact) mass is 314 g/mol. The van der Waals surface area contributed by atoms with Crippen LogP contribution >= 0.6 is 11.6 Å². The Morgan fingerprint density at radius 3 is 2.80 bits per heavy atom. The van der Waals surface area contributed by atoms with Gasteiger partial charge in [0.25, 0.3) is 0 Å². The molecule has 0 bridgehead atoms. The minimum atomic E-state index is -3.61. The van der Waals surface area contributed by atoms with Crippen molar-refractivity contribution in [2.75, 3.05) is 6.54 Å². The zero-order valence-corrected chi connectivity index (χ0v) is 12.2. The Kier molecular flexibility index (Phi) is 4.77. The van der Waals surface area contributed by atoms with Gasteiger partial charge in [0.05, 0.1) is 12.7 Å². The van der Waals surface area contributed by atoms with E-state index in [0.717, 1.165) is 0 Å². The topological polar surface area (TPSA) is 90.0 Å². The second-order valence-corrected chi connectivity index (χ2v) is 6.32. The molecule has 0 unspecified atom stereocenters. The highest BCUT2D eigenvalue weighted by Gasteiger charge is 2.16. The van der Waals surface area contributed by atoms with Crippen LogP contribution in [-0.4, -0.2) is 24.7 Å². The van der Waals surface area contributed by atoms with Crippen LogP contribution in [0.25, 0.3) is 0 Å². The first-order valence-electron chi connectivity index (χ1n) is 5.98. The van der Waals surface area contributed by atoms with E-state index in [2.05, 4.69) is 9.82 Å². The second kappa shape index (κ2) is 6.36. The molecule has 0 aliphatic heterocycles. The number of nitrogens with two attached hydrogens (primary N) is 1. The number of hydrogen-bond acceptors (Lipinski definition) is 4. The molecule has 2 aromatic rings. The maximum absolute atomic E-state index is 12.1. The van der Waals surface area contributed by atoms with Crippen LogP contribution < -0.4 is 10.5 Å². The molecule has 1 aromatic carbocycles. The summed E-state index contributed by atoms with van der Waals surface area (Å²) in [5, 5.41) is 4.46. The predicted octanol–water partition coefficient (Wildman–Crippen LogP) is 0.974. The third-order valence-electron chi connectivity index (χ3n) is 2.69. The molecule has 108 valence electrons. The summed E-state index contributed by atoms with van der Waals surface area (Å²) in [6.45, 7) is 0.998. The van der Waals surface area contributed by atoms with Crippen LogP contribution in [0.2, 0.25) is 5.02 Å². The summed E-state index contributed by atoms with van der Waals surface area (Å²) in [5.74, 6) is 0. The van der Waals surface area contributed by atoms with Gasteiger partial charge in [0.15, 0.2) is 0 Å². The fraction of sp³-hybridized carbons (Fsp3) is 0.250. The lowest BCUT2D eigenvalue weighted by Crippen LogP contribution is -2.23. The molecule has 0 saturated heterocycles. The molecule has 6 nitrogen and oxygen atoms in total. The van der Waals surface area contributed by atoms with Crippen LogP contribution in [0.3, 0.4) is 0 Å².